The largest absolute Gasteiger partial charge is 1.00 e. The van der Waals surface area contributed by atoms with Crippen LogP contribution in [0.1, 0.15) is 54.9 Å². The van der Waals surface area contributed by atoms with Crippen molar-refractivity contribution in [3.63, 3.8) is 0 Å². The van der Waals surface area contributed by atoms with E-state index in [1.54, 1.807) is 12.1 Å². The van der Waals surface area contributed by atoms with Crippen molar-refractivity contribution in [2.45, 2.75) is 45.6 Å². The molecule has 0 unspecified atom stereocenters. The molecule has 2 rings (SSSR count). The predicted octanol–water partition coefficient (Wildman–Crippen LogP) is -2.35. The Kier molecular flexibility index (Phi) is 18.8. The number of ether oxygens (including phenoxy) is 1. The van der Waals surface area contributed by atoms with Crippen LogP contribution in [0.25, 0.3) is 10.6 Å². The smallest absolute Gasteiger partial charge is 0.654 e. The molecule has 1 aliphatic rings. The minimum absolute atomic E-state index is 0. The van der Waals surface area contributed by atoms with Crippen LogP contribution in [0.15, 0.2) is 35.5 Å². The van der Waals surface area contributed by atoms with Gasteiger partial charge in [0.2, 0.25) is 0 Å². The molecule has 0 saturated heterocycles. The normalized spacial score (nSPS) is 12.8. The second kappa shape index (κ2) is 18.3. The van der Waals surface area contributed by atoms with E-state index in [-0.39, 0.29) is 147 Å². The number of hydrogen-bond donors (Lipinski definition) is 1. The first-order chi connectivity index (χ1) is 14.0. The number of ketones is 1. The standard InChI is InChI=1S/C22H31N3O4.2Rb/c1-16(26)24-12-5-13-29-15-21(27)25-14-17-8-10-18(11-9-17)22(28)19-6-3-4-7-20(19)23-2;;/h8-11H,3-7,12-15H2,1-2H3,(H3,23,24,25,26,27,28);;/q;2*+1/p-2. The summed E-state index contributed by atoms with van der Waals surface area (Å²) in [4.78, 5) is 35.2. The van der Waals surface area contributed by atoms with Crippen LogP contribution in [-0.4, -0.2) is 44.4 Å². The second-order valence-electron chi connectivity index (χ2n) is 6.96. The SMILES string of the molecule is CNC1=C(C(=O)c2ccc(C[N-]C(=O)COCCC[N-]C(C)=O)cc2)CCCC1.[Rb+].[Rb+]. The summed E-state index contributed by atoms with van der Waals surface area (Å²) in [5, 5.41) is 10.9. The third kappa shape index (κ3) is 12.3. The van der Waals surface area contributed by atoms with Gasteiger partial charge in [0.15, 0.2) is 5.78 Å². The van der Waals surface area contributed by atoms with Gasteiger partial charge in [-0.05, 0) is 39.0 Å². The number of Topliss-reactive ketones (excluding diaryl/α,β-unsaturated/α-hetero) is 1. The van der Waals surface area contributed by atoms with Gasteiger partial charge in [-0.2, -0.15) is 0 Å². The van der Waals surface area contributed by atoms with E-state index >= 15 is 0 Å². The van der Waals surface area contributed by atoms with Crippen molar-refractivity contribution in [3.8, 4) is 0 Å². The molecule has 0 heterocycles. The summed E-state index contributed by atoms with van der Waals surface area (Å²) >= 11 is 0. The van der Waals surface area contributed by atoms with Crippen molar-refractivity contribution in [2.24, 2.45) is 0 Å². The number of nitrogens with one attached hydrogen (secondary N) is 1. The Morgan fingerprint density at radius 1 is 1.03 bits per heavy atom. The van der Waals surface area contributed by atoms with E-state index in [2.05, 4.69) is 16.0 Å². The monoisotopic (exact) mass is 569 g/mol. The summed E-state index contributed by atoms with van der Waals surface area (Å²) in [6.45, 7) is 2.33. The predicted molar refractivity (Wildman–Crippen MR) is 112 cm³/mol. The van der Waals surface area contributed by atoms with Gasteiger partial charge in [-0.1, -0.05) is 29.8 Å². The molecular formula is C22H29N3O4Rb2. The van der Waals surface area contributed by atoms with Crippen molar-refractivity contribution in [1.82, 2.24) is 5.32 Å². The number of rotatable bonds is 11. The summed E-state index contributed by atoms with van der Waals surface area (Å²) in [6, 6.07) is 7.25. The van der Waals surface area contributed by atoms with Crippen molar-refractivity contribution < 1.29 is 135 Å². The molecule has 1 N–H and O–H groups in total. The fourth-order valence-corrected chi connectivity index (χ4v) is 3.16. The average molecular weight is 570 g/mol. The first kappa shape index (κ1) is 31.9. The van der Waals surface area contributed by atoms with Gasteiger partial charge in [0.1, 0.15) is 0 Å². The minimum atomic E-state index is -0.334. The van der Waals surface area contributed by atoms with Gasteiger partial charge in [-0.15, -0.1) is 13.1 Å². The molecule has 1 aliphatic carbocycles. The van der Waals surface area contributed by atoms with Crippen LogP contribution in [-0.2, 0) is 20.9 Å². The average Bonchev–Trinajstić information content (AvgIpc) is 2.74. The second-order valence-corrected chi connectivity index (χ2v) is 6.96. The molecule has 2 amide bonds. The Bertz CT molecular complexity index is 752. The van der Waals surface area contributed by atoms with Gasteiger partial charge in [0.25, 0.3) is 0 Å². The molecule has 0 fully saturated rings. The molecule has 1 aromatic rings. The van der Waals surface area contributed by atoms with Gasteiger partial charge in [-0.3, -0.25) is 4.79 Å². The van der Waals surface area contributed by atoms with Crippen molar-refractivity contribution in [3.05, 3.63) is 57.3 Å². The number of amides is 2. The zero-order chi connectivity index (χ0) is 21.1. The number of benzene rings is 1. The van der Waals surface area contributed by atoms with Crippen molar-refractivity contribution in [2.75, 3.05) is 26.8 Å². The number of carbonyl (C=O) groups is 3. The number of allylic oxidation sites excluding steroid dienone is 2. The summed E-state index contributed by atoms with van der Waals surface area (Å²) in [5.41, 5.74) is 3.44. The summed E-state index contributed by atoms with van der Waals surface area (Å²) in [7, 11) is 1.86. The Labute approximate surface area is 282 Å². The Morgan fingerprint density at radius 2 is 1.71 bits per heavy atom. The molecule has 31 heavy (non-hydrogen) atoms. The van der Waals surface area contributed by atoms with E-state index in [0.29, 0.717) is 25.1 Å². The third-order valence-electron chi connectivity index (χ3n) is 4.70. The summed E-state index contributed by atoms with van der Waals surface area (Å²) < 4.78 is 5.23. The molecular weight excluding hydrogens is 541 g/mol. The van der Waals surface area contributed by atoms with Gasteiger partial charge in [0.05, 0.1) is 12.5 Å². The molecule has 1 aromatic carbocycles. The molecule has 0 spiro atoms. The van der Waals surface area contributed by atoms with E-state index in [9.17, 15) is 14.4 Å². The van der Waals surface area contributed by atoms with Crippen molar-refractivity contribution in [1.29, 1.82) is 0 Å². The number of hydrogen-bond acceptors (Lipinski definition) is 5. The maximum Gasteiger partial charge on any atom is 1.00 e. The van der Waals surface area contributed by atoms with E-state index in [1.165, 1.54) is 6.92 Å². The molecule has 0 atom stereocenters. The van der Waals surface area contributed by atoms with Crippen LogP contribution in [0.3, 0.4) is 0 Å². The Balaban J connectivity index is 0.00000450. The fraction of sp³-hybridized carbons (Fsp3) is 0.500. The van der Waals surface area contributed by atoms with Gasteiger partial charge < -0.3 is 30.3 Å². The van der Waals surface area contributed by atoms with Crippen LogP contribution in [0.4, 0.5) is 0 Å². The minimum Gasteiger partial charge on any atom is -0.654 e. The molecule has 0 bridgehead atoms. The van der Waals surface area contributed by atoms with Crippen molar-refractivity contribution >= 4 is 17.6 Å². The molecule has 7 nitrogen and oxygen atoms in total. The molecule has 9 heteroatoms. The van der Waals surface area contributed by atoms with Crippen LogP contribution < -0.4 is 122 Å². The van der Waals surface area contributed by atoms with E-state index in [0.717, 1.165) is 42.5 Å². The molecule has 0 radical (unpaired) electrons. The topological polar surface area (TPSA) is 101 Å². The van der Waals surface area contributed by atoms with Crippen LogP contribution in [0.2, 0.25) is 0 Å². The van der Waals surface area contributed by atoms with Crippen LogP contribution in [0.5, 0.6) is 0 Å². The van der Waals surface area contributed by atoms with E-state index in [4.69, 9.17) is 4.74 Å². The molecule has 158 valence electrons. The third-order valence-corrected chi connectivity index (χ3v) is 4.70. The zero-order valence-corrected chi connectivity index (χ0v) is 29.0. The van der Waals surface area contributed by atoms with Gasteiger partial charge in [0, 0.05) is 36.4 Å². The van der Waals surface area contributed by atoms with Crippen LogP contribution in [0, 0.1) is 0 Å². The van der Waals surface area contributed by atoms with Gasteiger partial charge >= 0.3 is 116 Å². The first-order valence-electron chi connectivity index (χ1n) is 10.0. The fourth-order valence-electron chi connectivity index (χ4n) is 3.16. The number of nitrogens with zero attached hydrogens (tertiary/aromatic N) is 2. The maximum absolute atomic E-state index is 12.8. The molecule has 0 aromatic heterocycles. The van der Waals surface area contributed by atoms with Gasteiger partial charge in [-0.25, -0.2) is 0 Å². The Hall–Kier alpha value is 0.940. The quantitative estimate of drug-likeness (QED) is 0.238. The van der Waals surface area contributed by atoms with Crippen LogP contribution >= 0.6 is 0 Å². The zero-order valence-electron chi connectivity index (χ0n) is 19.2. The Morgan fingerprint density at radius 3 is 2.35 bits per heavy atom. The van der Waals surface area contributed by atoms with E-state index in [1.807, 2.05) is 19.2 Å². The number of carbonyl (C=O) groups excluding carboxylic acids is 3. The first-order valence-corrected chi connectivity index (χ1v) is 10.0. The molecule has 0 aliphatic heterocycles. The molecule has 0 saturated carbocycles. The summed E-state index contributed by atoms with van der Waals surface area (Å²) in [5.74, 6) is -0.472. The summed E-state index contributed by atoms with van der Waals surface area (Å²) in [6.07, 6.45) is 4.47. The maximum atomic E-state index is 12.8. The van der Waals surface area contributed by atoms with E-state index < -0.39 is 0 Å².